The summed E-state index contributed by atoms with van der Waals surface area (Å²) < 4.78 is 69.2. The van der Waals surface area contributed by atoms with Crippen LogP contribution in [0.4, 0.5) is 22.0 Å². The van der Waals surface area contributed by atoms with E-state index in [1.807, 2.05) is 4.90 Å². The number of aliphatic carboxylic acids is 1. The van der Waals surface area contributed by atoms with E-state index in [-0.39, 0.29) is 23.7 Å². The zero-order valence-corrected chi connectivity index (χ0v) is 22.4. The Morgan fingerprint density at radius 2 is 1.62 bits per heavy atom. The second-order valence-corrected chi connectivity index (χ2v) is 11.9. The second kappa shape index (κ2) is 10.5. The van der Waals surface area contributed by atoms with Crippen LogP contribution in [0.1, 0.15) is 74.1 Å². The van der Waals surface area contributed by atoms with E-state index in [2.05, 4.69) is 0 Å². The van der Waals surface area contributed by atoms with E-state index in [0.29, 0.717) is 76.8 Å². The summed E-state index contributed by atoms with van der Waals surface area (Å²) in [7, 11) is 0. The Morgan fingerprint density at radius 1 is 0.975 bits per heavy atom. The number of amides is 1. The van der Waals surface area contributed by atoms with Crippen LogP contribution >= 0.6 is 0 Å². The van der Waals surface area contributed by atoms with Gasteiger partial charge in [0.15, 0.2) is 0 Å². The van der Waals surface area contributed by atoms with Gasteiger partial charge in [-0.2, -0.15) is 13.2 Å². The number of fused-ring (bicyclic) bond motifs is 3. The normalized spacial score (nSPS) is 28.2. The molecule has 216 valence electrons. The summed E-state index contributed by atoms with van der Waals surface area (Å²) in [4.78, 5) is 27.2. The topological polar surface area (TPSA) is 57.6 Å². The molecule has 1 N–H and O–H groups in total. The number of carboxylic acid groups (broad SMARTS) is 1. The predicted octanol–water partition coefficient (Wildman–Crippen LogP) is 6.88. The van der Waals surface area contributed by atoms with Crippen LogP contribution in [0.3, 0.4) is 0 Å². The third-order valence-electron chi connectivity index (χ3n) is 9.58. The fourth-order valence-corrected chi connectivity index (χ4v) is 7.32. The van der Waals surface area contributed by atoms with Gasteiger partial charge in [-0.25, -0.2) is 8.78 Å². The lowest BCUT2D eigenvalue weighted by Crippen LogP contribution is -2.60. The third-order valence-corrected chi connectivity index (χ3v) is 9.58. The number of benzene rings is 2. The Labute approximate surface area is 230 Å². The summed E-state index contributed by atoms with van der Waals surface area (Å²) >= 11 is 0. The molecule has 0 radical (unpaired) electrons. The maximum absolute atomic E-state index is 14.9. The molecule has 0 spiro atoms. The first-order valence-electron chi connectivity index (χ1n) is 14.0. The van der Waals surface area contributed by atoms with Gasteiger partial charge in [0, 0.05) is 23.9 Å². The Bertz CT molecular complexity index is 1270. The molecule has 4 nitrogen and oxygen atoms in total. The SMILES string of the molecule is CC(F)(c1ccc2c(c1)CCC1N(C(=O)C3CCC(C(=O)O)CC3)CCCC21Cc1ccc(F)cc1)C(F)(F)F. The van der Waals surface area contributed by atoms with Crippen molar-refractivity contribution in [1.29, 1.82) is 0 Å². The number of carbonyl (C=O) groups is 2. The van der Waals surface area contributed by atoms with E-state index in [9.17, 15) is 36.6 Å². The van der Waals surface area contributed by atoms with Crippen molar-refractivity contribution < 1.29 is 36.6 Å². The molecule has 1 saturated carbocycles. The largest absolute Gasteiger partial charge is 0.481 e. The van der Waals surface area contributed by atoms with Crippen LogP contribution < -0.4 is 0 Å². The number of carbonyl (C=O) groups excluding carboxylic acids is 1. The zero-order valence-electron chi connectivity index (χ0n) is 22.4. The van der Waals surface area contributed by atoms with Crippen molar-refractivity contribution in [1.82, 2.24) is 4.90 Å². The van der Waals surface area contributed by atoms with E-state index in [1.165, 1.54) is 24.3 Å². The summed E-state index contributed by atoms with van der Waals surface area (Å²) in [5.74, 6) is -1.90. The highest BCUT2D eigenvalue weighted by molar-refractivity contribution is 5.80. The molecule has 5 rings (SSSR count). The van der Waals surface area contributed by atoms with Crippen LogP contribution in [-0.2, 0) is 33.5 Å². The number of aryl methyl sites for hydroxylation is 1. The molecule has 0 aromatic heterocycles. The minimum Gasteiger partial charge on any atom is -0.481 e. The molecule has 1 saturated heterocycles. The molecule has 2 aliphatic carbocycles. The fraction of sp³-hybridized carbons (Fsp3) is 0.548. The van der Waals surface area contributed by atoms with Gasteiger partial charge in [0.2, 0.25) is 11.6 Å². The van der Waals surface area contributed by atoms with Gasteiger partial charge in [0.05, 0.1) is 5.92 Å². The summed E-state index contributed by atoms with van der Waals surface area (Å²) in [5.41, 5.74) is -2.23. The van der Waals surface area contributed by atoms with E-state index in [1.54, 1.807) is 18.2 Å². The highest BCUT2D eigenvalue weighted by atomic mass is 19.4. The molecule has 2 fully saturated rings. The minimum absolute atomic E-state index is 0.00509. The highest BCUT2D eigenvalue weighted by Gasteiger charge is 2.55. The lowest BCUT2D eigenvalue weighted by Gasteiger charge is -2.54. The van der Waals surface area contributed by atoms with Crippen molar-refractivity contribution in [2.45, 2.75) is 88.0 Å². The molecule has 2 aromatic rings. The van der Waals surface area contributed by atoms with Gasteiger partial charge in [-0.05, 0) is 99.1 Å². The van der Waals surface area contributed by atoms with Crippen molar-refractivity contribution in [3.63, 3.8) is 0 Å². The van der Waals surface area contributed by atoms with Crippen LogP contribution in [-0.4, -0.2) is 40.6 Å². The number of alkyl halides is 4. The van der Waals surface area contributed by atoms with Gasteiger partial charge >= 0.3 is 12.1 Å². The highest BCUT2D eigenvalue weighted by Crippen LogP contribution is 2.51. The number of rotatable bonds is 5. The molecule has 1 aliphatic heterocycles. The molecule has 40 heavy (non-hydrogen) atoms. The summed E-state index contributed by atoms with van der Waals surface area (Å²) in [6.07, 6.45) is -0.376. The summed E-state index contributed by atoms with van der Waals surface area (Å²) in [6.45, 7) is 1.09. The number of halogens is 5. The van der Waals surface area contributed by atoms with Crippen LogP contribution in [0.2, 0.25) is 0 Å². The first-order valence-corrected chi connectivity index (χ1v) is 14.0. The molecule has 2 aromatic carbocycles. The standard InChI is InChI=1S/C31H34F5NO3/c1-29(33,31(34,35)36)23-10-13-25-22(17-23)9-14-26-30(25,18-19-3-11-24(32)12-4-19)15-2-16-37(26)27(38)20-5-7-21(8-6-20)28(39)40/h3-4,10-13,17,20-21,26H,2,5-9,14-16,18H2,1H3,(H,39,40). The maximum Gasteiger partial charge on any atom is 0.426 e. The molecule has 3 atom stereocenters. The van der Waals surface area contributed by atoms with Gasteiger partial charge < -0.3 is 10.0 Å². The summed E-state index contributed by atoms with van der Waals surface area (Å²) in [6, 6.07) is 10.1. The third kappa shape index (κ3) is 5.00. The van der Waals surface area contributed by atoms with Crippen LogP contribution in [0, 0.1) is 17.7 Å². The number of nitrogens with zero attached hydrogens (tertiary/aromatic N) is 1. The predicted molar refractivity (Wildman–Crippen MR) is 139 cm³/mol. The second-order valence-electron chi connectivity index (χ2n) is 11.9. The molecular formula is C31H34F5NO3. The minimum atomic E-state index is -5.06. The Morgan fingerprint density at radius 3 is 2.25 bits per heavy atom. The molecule has 0 bridgehead atoms. The number of likely N-dealkylation sites (tertiary alicyclic amines) is 1. The van der Waals surface area contributed by atoms with Crippen molar-refractivity contribution in [2.75, 3.05) is 6.54 Å². The maximum atomic E-state index is 14.9. The Hall–Kier alpha value is -2.97. The molecule has 3 unspecified atom stereocenters. The average Bonchev–Trinajstić information content (AvgIpc) is 2.92. The molecule has 9 heteroatoms. The van der Waals surface area contributed by atoms with Gasteiger partial charge in [0.1, 0.15) is 5.82 Å². The van der Waals surface area contributed by atoms with E-state index in [0.717, 1.165) is 11.1 Å². The number of piperidine rings is 1. The molecule has 1 heterocycles. The summed E-state index contributed by atoms with van der Waals surface area (Å²) in [5, 5.41) is 9.36. The van der Waals surface area contributed by atoms with Crippen molar-refractivity contribution >= 4 is 11.9 Å². The van der Waals surface area contributed by atoms with E-state index >= 15 is 0 Å². The van der Waals surface area contributed by atoms with Crippen LogP contribution in [0.5, 0.6) is 0 Å². The zero-order chi connectivity index (χ0) is 28.9. The van der Waals surface area contributed by atoms with Crippen molar-refractivity contribution in [2.24, 2.45) is 11.8 Å². The number of hydrogen-bond acceptors (Lipinski definition) is 2. The number of hydrogen-bond donors (Lipinski definition) is 1. The lowest BCUT2D eigenvalue weighted by molar-refractivity contribution is -0.228. The number of carboxylic acids is 1. The first kappa shape index (κ1) is 28.6. The van der Waals surface area contributed by atoms with Crippen molar-refractivity contribution in [3.05, 3.63) is 70.5 Å². The molecule has 1 amide bonds. The van der Waals surface area contributed by atoms with Gasteiger partial charge in [-0.1, -0.05) is 30.3 Å². The quantitative estimate of drug-likeness (QED) is 0.404. The van der Waals surface area contributed by atoms with Crippen LogP contribution in [0.25, 0.3) is 0 Å². The monoisotopic (exact) mass is 563 g/mol. The van der Waals surface area contributed by atoms with Crippen molar-refractivity contribution in [3.8, 4) is 0 Å². The molecule has 3 aliphatic rings. The lowest BCUT2D eigenvalue weighted by atomic mass is 9.59. The van der Waals surface area contributed by atoms with E-state index in [4.69, 9.17) is 0 Å². The van der Waals surface area contributed by atoms with E-state index < -0.39 is 34.7 Å². The van der Waals surface area contributed by atoms with Crippen LogP contribution in [0.15, 0.2) is 42.5 Å². The first-order chi connectivity index (χ1) is 18.8. The fourth-order valence-electron chi connectivity index (χ4n) is 7.32. The van der Waals surface area contributed by atoms with Gasteiger partial charge in [-0.15, -0.1) is 0 Å². The van der Waals surface area contributed by atoms with Gasteiger partial charge in [0.25, 0.3) is 0 Å². The average molecular weight is 564 g/mol. The van der Waals surface area contributed by atoms with Gasteiger partial charge in [-0.3, -0.25) is 9.59 Å². The smallest absolute Gasteiger partial charge is 0.426 e. The molecular weight excluding hydrogens is 529 g/mol. The Balaban J connectivity index is 1.52. The Kier molecular flexibility index (Phi) is 7.46.